The number of anilines is 3. The molecule has 9 nitrogen and oxygen atoms in total. The van der Waals surface area contributed by atoms with E-state index in [2.05, 4.69) is 27.4 Å². The largest absolute Gasteiger partial charge is 0.478 e. The number of aryl methyl sites for hydroxylation is 2. The fourth-order valence-electron chi connectivity index (χ4n) is 3.99. The van der Waals surface area contributed by atoms with Gasteiger partial charge in [-0.15, -0.1) is 0 Å². The van der Waals surface area contributed by atoms with Crippen LogP contribution in [0.2, 0.25) is 0 Å². The van der Waals surface area contributed by atoms with Crippen molar-refractivity contribution in [2.75, 3.05) is 36.5 Å². The van der Waals surface area contributed by atoms with E-state index in [1.165, 1.54) is 0 Å². The number of hydrogen-bond acceptors (Lipinski definition) is 7. The second kappa shape index (κ2) is 8.51. The molecule has 33 heavy (non-hydrogen) atoms. The van der Waals surface area contributed by atoms with Crippen molar-refractivity contribution < 1.29 is 14.6 Å². The number of benzene rings is 2. The molecule has 168 valence electrons. The van der Waals surface area contributed by atoms with Crippen molar-refractivity contribution in [2.24, 2.45) is 7.05 Å². The summed E-state index contributed by atoms with van der Waals surface area (Å²) in [6.45, 7) is 4.70. The summed E-state index contributed by atoms with van der Waals surface area (Å²) in [5.74, 6) is 0.300. The number of carboxylic acid groups (broad SMARTS) is 1. The van der Waals surface area contributed by atoms with Crippen molar-refractivity contribution >= 4 is 34.3 Å². The maximum atomic E-state index is 11.1. The standard InChI is InChI=1S/C24H24N6O3/c1-15-19-8-5-17(13-21(19)29(2)28-15)20-14-22(25-18-6-3-16(4-7-18)23(31)32)27-24(26-20)30-9-11-33-12-10-30/h3-8,13-14H,9-12H2,1-2H3,(H,31,32)(H,25,26,27). The Morgan fingerprint density at radius 3 is 2.55 bits per heavy atom. The molecule has 1 aliphatic rings. The number of rotatable bonds is 5. The highest BCUT2D eigenvalue weighted by Gasteiger charge is 2.17. The fraction of sp³-hybridized carbons (Fsp3) is 0.250. The van der Waals surface area contributed by atoms with E-state index in [1.54, 1.807) is 24.3 Å². The quantitative estimate of drug-likeness (QED) is 0.481. The number of nitrogens with zero attached hydrogens (tertiary/aromatic N) is 5. The lowest BCUT2D eigenvalue weighted by molar-refractivity contribution is 0.0697. The summed E-state index contributed by atoms with van der Waals surface area (Å²) in [6.07, 6.45) is 0. The molecule has 5 rings (SSSR count). The molecule has 0 bridgehead atoms. The van der Waals surface area contributed by atoms with Crippen molar-refractivity contribution in [3.8, 4) is 11.3 Å². The van der Waals surface area contributed by atoms with E-state index in [4.69, 9.17) is 19.8 Å². The third kappa shape index (κ3) is 4.22. The topological polar surface area (TPSA) is 105 Å². The van der Waals surface area contributed by atoms with E-state index in [0.717, 1.165) is 46.6 Å². The summed E-state index contributed by atoms with van der Waals surface area (Å²) in [5.41, 5.74) is 4.76. The van der Waals surface area contributed by atoms with Crippen LogP contribution >= 0.6 is 0 Å². The lowest BCUT2D eigenvalue weighted by Gasteiger charge is -2.27. The van der Waals surface area contributed by atoms with Crippen LogP contribution in [-0.4, -0.2) is 57.1 Å². The van der Waals surface area contributed by atoms with Gasteiger partial charge in [-0.3, -0.25) is 4.68 Å². The van der Waals surface area contributed by atoms with Gasteiger partial charge in [-0.05, 0) is 37.3 Å². The summed E-state index contributed by atoms with van der Waals surface area (Å²) >= 11 is 0. The molecule has 0 amide bonds. The van der Waals surface area contributed by atoms with Gasteiger partial charge in [0.1, 0.15) is 5.82 Å². The zero-order chi connectivity index (χ0) is 22.9. The number of aromatic nitrogens is 4. The number of carboxylic acids is 1. The van der Waals surface area contributed by atoms with E-state index in [-0.39, 0.29) is 5.56 Å². The Morgan fingerprint density at radius 2 is 1.82 bits per heavy atom. The minimum atomic E-state index is -0.957. The lowest BCUT2D eigenvalue weighted by Crippen LogP contribution is -2.37. The Hall–Kier alpha value is -3.98. The molecule has 2 aromatic heterocycles. The highest BCUT2D eigenvalue weighted by atomic mass is 16.5. The predicted octanol–water partition coefficient (Wildman–Crippen LogP) is 3.62. The third-order valence-corrected chi connectivity index (χ3v) is 5.74. The van der Waals surface area contributed by atoms with Crippen molar-refractivity contribution in [1.29, 1.82) is 0 Å². The SMILES string of the molecule is Cc1nn(C)c2cc(-c3cc(Nc4ccc(C(=O)O)cc4)nc(N4CCOCC4)n3)ccc12. The first-order chi connectivity index (χ1) is 16.0. The molecule has 2 N–H and O–H groups in total. The molecule has 0 spiro atoms. The molecule has 1 saturated heterocycles. The Balaban J connectivity index is 1.55. The summed E-state index contributed by atoms with van der Waals surface area (Å²) in [7, 11) is 1.94. The van der Waals surface area contributed by atoms with Crippen molar-refractivity contribution in [3.05, 3.63) is 59.8 Å². The number of aromatic carboxylic acids is 1. The van der Waals surface area contributed by atoms with Crippen LogP contribution in [-0.2, 0) is 11.8 Å². The lowest BCUT2D eigenvalue weighted by atomic mass is 10.1. The van der Waals surface area contributed by atoms with Crippen LogP contribution in [0, 0.1) is 6.92 Å². The van der Waals surface area contributed by atoms with Gasteiger partial charge in [0.25, 0.3) is 0 Å². The normalized spacial score (nSPS) is 13.9. The van der Waals surface area contributed by atoms with Gasteiger partial charge in [-0.1, -0.05) is 12.1 Å². The van der Waals surface area contributed by atoms with Gasteiger partial charge in [-0.25, -0.2) is 9.78 Å². The average molecular weight is 444 g/mol. The Labute approximate surface area is 190 Å². The second-order valence-corrected chi connectivity index (χ2v) is 7.99. The molecule has 9 heteroatoms. The molecular formula is C24H24N6O3. The summed E-state index contributed by atoms with van der Waals surface area (Å²) in [4.78, 5) is 22.9. The number of ether oxygens (including phenoxy) is 1. The number of carbonyl (C=O) groups is 1. The van der Waals surface area contributed by atoms with Gasteiger partial charge in [0.2, 0.25) is 5.95 Å². The Kier molecular flexibility index (Phi) is 5.39. The molecule has 4 aromatic rings. The third-order valence-electron chi connectivity index (χ3n) is 5.74. The summed E-state index contributed by atoms with van der Waals surface area (Å²) < 4.78 is 7.36. The van der Waals surface area contributed by atoms with Gasteiger partial charge in [0.05, 0.1) is 35.7 Å². The smallest absolute Gasteiger partial charge is 0.335 e. The molecule has 0 radical (unpaired) electrons. The van der Waals surface area contributed by atoms with Gasteiger partial charge < -0.3 is 20.1 Å². The number of hydrogen-bond donors (Lipinski definition) is 2. The number of nitrogens with one attached hydrogen (secondary N) is 1. The molecule has 1 fully saturated rings. The fourth-order valence-corrected chi connectivity index (χ4v) is 3.99. The van der Waals surface area contributed by atoms with Crippen LogP contribution in [0.5, 0.6) is 0 Å². The van der Waals surface area contributed by atoms with Crippen molar-refractivity contribution in [3.63, 3.8) is 0 Å². The van der Waals surface area contributed by atoms with Crippen molar-refractivity contribution in [2.45, 2.75) is 6.92 Å². The first kappa shape index (κ1) is 20.9. The maximum Gasteiger partial charge on any atom is 0.335 e. The highest BCUT2D eigenvalue weighted by molar-refractivity contribution is 5.88. The van der Waals surface area contributed by atoms with Crippen LogP contribution in [0.4, 0.5) is 17.5 Å². The minimum absolute atomic E-state index is 0.234. The molecule has 3 heterocycles. The zero-order valence-corrected chi connectivity index (χ0v) is 18.4. The molecule has 2 aromatic carbocycles. The van der Waals surface area contributed by atoms with Crippen molar-refractivity contribution in [1.82, 2.24) is 19.7 Å². The second-order valence-electron chi connectivity index (χ2n) is 7.99. The predicted molar refractivity (Wildman–Crippen MR) is 126 cm³/mol. The van der Waals surface area contributed by atoms with Crippen LogP contribution in [0.15, 0.2) is 48.5 Å². The first-order valence-electron chi connectivity index (χ1n) is 10.7. The van der Waals surface area contributed by atoms with E-state index in [9.17, 15) is 4.79 Å². The van der Waals surface area contributed by atoms with Crippen LogP contribution in [0.25, 0.3) is 22.2 Å². The molecule has 1 aliphatic heterocycles. The van der Waals surface area contributed by atoms with Crippen LogP contribution < -0.4 is 10.2 Å². The molecule has 0 atom stereocenters. The average Bonchev–Trinajstić information content (AvgIpc) is 3.12. The van der Waals surface area contributed by atoms with Crippen LogP contribution in [0.3, 0.4) is 0 Å². The van der Waals surface area contributed by atoms with E-state index in [0.29, 0.717) is 25.0 Å². The molecule has 0 aliphatic carbocycles. The van der Waals surface area contributed by atoms with Gasteiger partial charge in [-0.2, -0.15) is 10.1 Å². The summed E-state index contributed by atoms with van der Waals surface area (Å²) in [6, 6.07) is 14.7. The molecule has 0 saturated carbocycles. The number of fused-ring (bicyclic) bond motifs is 1. The van der Waals surface area contributed by atoms with E-state index >= 15 is 0 Å². The Morgan fingerprint density at radius 1 is 1.06 bits per heavy atom. The number of morpholine rings is 1. The maximum absolute atomic E-state index is 11.1. The van der Waals surface area contributed by atoms with Gasteiger partial charge in [0, 0.05) is 42.8 Å². The molecular weight excluding hydrogens is 420 g/mol. The van der Waals surface area contributed by atoms with Gasteiger partial charge >= 0.3 is 5.97 Å². The first-order valence-corrected chi connectivity index (χ1v) is 10.7. The van der Waals surface area contributed by atoms with E-state index in [1.807, 2.05) is 30.8 Å². The molecule has 0 unspecified atom stereocenters. The monoisotopic (exact) mass is 444 g/mol. The zero-order valence-electron chi connectivity index (χ0n) is 18.4. The summed E-state index contributed by atoms with van der Waals surface area (Å²) in [5, 5.41) is 18.1. The van der Waals surface area contributed by atoms with E-state index < -0.39 is 5.97 Å². The minimum Gasteiger partial charge on any atom is -0.478 e. The van der Waals surface area contributed by atoms with Gasteiger partial charge in [0.15, 0.2) is 0 Å². The van der Waals surface area contributed by atoms with Crippen LogP contribution in [0.1, 0.15) is 16.1 Å². The Bertz CT molecular complexity index is 1330. The highest BCUT2D eigenvalue weighted by Crippen LogP contribution is 2.29.